The second-order valence-corrected chi connectivity index (χ2v) is 5.00. The monoisotopic (exact) mass is 251 g/mol. The first-order valence-corrected chi connectivity index (χ1v) is 6.71. The lowest BCUT2D eigenvalue weighted by Gasteiger charge is -2.11. The fraction of sp³-hybridized carbons (Fsp3) is 0.222. The molecule has 0 heterocycles. The van der Waals surface area contributed by atoms with Crippen molar-refractivity contribution in [3.8, 4) is 0 Å². The zero-order valence-electron chi connectivity index (χ0n) is 11.7. The van der Waals surface area contributed by atoms with E-state index < -0.39 is 0 Å². The zero-order chi connectivity index (χ0) is 13.5. The summed E-state index contributed by atoms with van der Waals surface area (Å²) in [6.07, 6.45) is 5.47. The summed E-state index contributed by atoms with van der Waals surface area (Å²) in [5.41, 5.74) is 3.96. The van der Waals surface area contributed by atoms with Crippen LogP contribution in [0, 0.1) is 0 Å². The van der Waals surface area contributed by atoms with E-state index in [1.807, 2.05) is 6.07 Å². The van der Waals surface area contributed by atoms with Crippen molar-refractivity contribution in [3.05, 3.63) is 71.3 Å². The molecular weight excluding hydrogens is 230 g/mol. The van der Waals surface area contributed by atoms with E-state index >= 15 is 0 Å². The highest BCUT2D eigenvalue weighted by atomic mass is 15.0. The van der Waals surface area contributed by atoms with Crippen LogP contribution >= 0.6 is 0 Å². The lowest BCUT2D eigenvalue weighted by atomic mass is 10.0. The number of benzene rings is 2. The van der Waals surface area contributed by atoms with E-state index in [1.165, 1.54) is 16.7 Å². The molecule has 0 aliphatic rings. The molecule has 1 nitrogen and oxygen atoms in total. The van der Waals surface area contributed by atoms with Crippen molar-refractivity contribution in [2.75, 3.05) is 20.6 Å². The third-order valence-electron chi connectivity index (χ3n) is 3.14. The van der Waals surface area contributed by atoms with Gasteiger partial charge in [0.1, 0.15) is 0 Å². The maximum absolute atomic E-state index is 2.22. The molecule has 0 aliphatic carbocycles. The lowest BCUT2D eigenvalue weighted by molar-refractivity contribution is 0.413. The minimum atomic E-state index is 1.08. The normalized spacial score (nSPS) is 11.3. The van der Waals surface area contributed by atoms with E-state index in [0.717, 1.165) is 13.0 Å². The van der Waals surface area contributed by atoms with Crippen LogP contribution in [0.15, 0.2) is 54.6 Å². The van der Waals surface area contributed by atoms with Gasteiger partial charge in [-0.05, 0) is 37.2 Å². The minimum absolute atomic E-state index is 1.08. The van der Waals surface area contributed by atoms with Gasteiger partial charge in [-0.1, -0.05) is 66.7 Å². The molecule has 0 saturated heterocycles. The fourth-order valence-electron chi connectivity index (χ4n) is 2.02. The standard InChI is InChI=1S/C18H21N/c1-19(2)15-14-18-11-7-6-10-17(18)13-12-16-8-4-3-5-9-16/h3-13H,14-15H2,1-2H3/b13-12+. The number of hydrogen-bond acceptors (Lipinski definition) is 1. The maximum atomic E-state index is 2.22. The van der Waals surface area contributed by atoms with Crippen molar-refractivity contribution in [2.45, 2.75) is 6.42 Å². The fourth-order valence-corrected chi connectivity index (χ4v) is 2.02. The molecule has 0 saturated carbocycles. The van der Waals surface area contributed by atoms with E-state index in [2.05, 4.69) is 79.7 Å². The Morgan fingerprint density at radius 1 is 0.842 bits per heavy atom. The molecule has 19 heavy (non-hydrogen) atoms. The molecule has 0 N–H and O–H groups in total. The van der Waals surface area contributed by atoms with Crippen molar-refractivity contribution >= 4 is 12.2 Å². The molecule has 0 aliphatic heterocycles. The van der Waals surface area contributed by atoms with Gasteiger partial charge in [0, 0.05) is 6.54 Å². The van der Waals surface area contributed by atoms with Crippen molar-refractivity contribution < 1.29 is 0 Å². The molecule has 2 aromatic rings. The quantitative estimate of drug-likeness (QED) is 0.727. The van der Waals surface area contributed by atoms with E-state index in [0.29, 0.717) is 0 Å². The first-order valence-electron chi connectivity index (χ1n) is 6.71. The summed E-state index contributed by atoms with van der Waals surface area (Å²) in [7, 11) is 4.23. The summed E-state index contributed by atoms with van der Waals surface area (Å²) in [6.45, 7) is 1.08. The van der Waals surface area contributed by atoms with E-state index in [1.54, 1.807) is 0 Å². The minimum Gasteiger partial charge on any atom is -0.309 e. The van der Waals surface area contributed by atoms with Crippen LogP contribution in [-0.2, 0) is 6.42 Å². The smallest absolute Gasteiger partial charge is 0.00159 e. The zero-order valence-corrected chi connectivity index (χ0v) is 11.7. The van der Waals surface area contributed by atoms with Crippen LogP contribution in [0.3, 0.4) is 0 Å². The first-order chi connectivity index (χ1) is 9.25. The second-order valence-electron chi connectivity index (χ2n) is 5.00. The number of likely N-dealkylation sites (N-methyl/N-ethyl adjacent to an activating group) is 1. The van der Waals surface area contributed by atoms with E-state index in [9.17, 15) is 0 Å². The van der Waals surface area contributed by atoms with Crippen molar-refractivity contribution in [1.82, 2.24) is 4.90 Å². The topological polar surface area (TPSA) is 3.24 Å². The van der Waals surface area contributed by atoms with E-state index in [4.69, 9.17) is 0 Å². The summed E-state index contributed by atoms with van der Waals surface area (Å²) in [5, 5.41) is 0. The first kappa shape index (κ1) is 13.6. The van der Waals surface area contributed by atoms with Crippen LogP contribution in [0.2, 0.25) is 0 Å². The van der Waals surface area contributed by atoms with Gasteiger partial charge in [0.2, 0.25) is 0 Å². The molecule has 0 spiro atoms. The Labute approximate surface area is 116 Å². The van der Waals surface area contributed by atoms with Gasteiger partial charge in [0.25, 0.3) is 0 Å². The van der Waals surface area contributed by atoms with Crippen LogP contribution in [0.25, 0.3) is 12.2 Å². The molecular formula is C18H21N. The van der Waals surface area contributed by atoms with Gasteiger partial charge in [0.05, 0.1) is 0 Å². The average Bonchev–Trinajstić information content (AvgIpc) is 2.45. The lowest BCUT2D eigenvalue weighted by Crippen LogP contribution is -2.15. The Hall–Kier alpha value is -1.86. The second kappa shape index (κ2) is 6.91. The van der Waals surface area contributed by atoms with Crippen molar-refractivity contribution in [3.63, 3.8) is 0 Å². The molecule has 0 fully saturated rings. The predicted octanol–water partition coefficient (Wildman–Crippen LogP) is 3.96. The van der Waals surface area contributed by atoms with Crippen LogP contribution in [0.4, 0.5) is 0 Å². The van der Waals surface area contributed by atoms with Gasteiger partial charge in [-0.25, -0.2) is 0 Å². The molecule has 0 bridgehead atoms. The van der Waals surface area contributed by atoms with Crippen LogP contribution in [0.5, 0.6) is 0 Å². The highest BCUT2D eigenvalue weighted by molar-refractivity contribution is 5.71. The highest BCUT2D eigenvalue weighted by Gasteiger charge is 1.99. The van der Waals surface area contributed by atoms with Crippen molar-refractivity contribution in [1.29, 1.82) is 0 Å². The Kier molecular flexibility index (Phi) is 4.93. The van der Waals surface area contributed by atoms with Gasteiger partial charge < -0.3 is 4.90 Å². The molecule has 0 radical (unpaired) electrons. The maximum Gasteiger partial charge on any atom is 0.00159 e. The third kappa shape index (κ3) is 4.38. The molecule has 98 valence electrons. The number of hydrogen-bond donors (Lipinski definition) is 0. The molecule has 0 aromatic heterocycles. The Balaban J connectivity index is 2.13. The van der Waals surface area contributed by atoms with Gasteiger partial charge in [-0.15, -0.1) is 0 Å². The Bertz CT molecular complexity index is 526. The molecule has 0 atom stereocenters. The van der Waals surface area contributed by atoms with Crippen molar-refractivity contribution in [2.24, 2.45) is 0 Å². The van der Waals surface area contributed by atoms with Gasteiger partial charge in [-0.2, -0.15) is 0 Å². The van der Waals surface area contributed by atoms with Crippen LogP contribution < -0.4 is 0 Å². The Morgan fingerprint density at radius 3 is 2.26 bits per heavy atom. The summed E-state index contributed by atoms with van der Waals surface area (Å²) >= 11 is 0. The van der Waals surface area contributed by atoms with E-state index in [-0.39, 0.29) is 0 Å². The van der Waals surface area contributed by atoms with Crippen LogP contribution in [-0.4, -0.2) is 25.5 Å². The molecule has 0 amide bonds. The SMILES string of the molecule is CN(C)CCc1ccccc1/C=C/c1ccccc1. The summed E-state index contributed by atoms with van der Waals surface area (Å²) < 4.78 is 0. The van der Waals surface area contributed by atoms with Gasteiger partial charge >= 0.3 is 0 Å². The number of rotatable bonds is 5. The molecule has 1 heteroatoms. The average molecular weight is 251 g/mol. The predicted molar refractivity (Wildman–Crippen MR) is 84.1 cm³/mol. The van der Waals surface area contributed by atoms with Gasteiger partial charge in [0.15, 0.2) is 0 Å². The molecule has 2 rings (SSSR count). The Morgan fingerprint density at radius 2 is 1.53 bits per heavy atom. The van der Waals surface area contributed by atoms with Gasteiger partial charge in [-0.3, -0.25) is 0 Å². The highest BCUT2D eigenvalue weighted by Crippen LogP contribution is 2.14. The summed E-state index contributed by atoms with van der Waals surface area (Å²) in [5.74, 6) is 0. The molecule has 0 unspecified atom stereocenters. The third-order valence-corrected chi connectivity index (χ3v) is 3.14. The number of nitrogens with zero attached hydrogens (tertiary/aromatic N) is 1. The summed E-state index contributed by atoms with van der Waals surface area (Å²) in [4.78, 5) is 2.22. The molecule has 2 aromatic carbocycles. The largest absolute Gasteiger partial charge is 0.309 e. The summed E-state index contributed by atoms with van der Waals surface area (Å²) in [6, 6.07) is 19.0. The van der Waals surface area contributed by atoms with Crippen LogP contribution in [0.1, 0.15) is 16.7 Å².